The van der Waals surface area contributed by atoms with Crippen molar-refractivity contribution in [1.82, 2.24) is 0 Å². The molecule has 3 heteroatoms. The molecule has 11 aromatic rings. The molecule has 0 fully saturated rings. The SMILES string of the molecule is c1ccc2cc3c(cc2c1)sc1c2cc4ccc(-c5ccc6cc(-c7ccc8sc9ccccc9c8c7)ccc6c5)cc4cc2sc31. The molecule has 0 spiro atoms. The number of benzene rings is 8. The van der Waals surface area contributed by atoms with Crippen molar-refractivity contribution < 1.29 is 0 Å². The number of hydrogen-bond acceptors (Lipinski definition) is 3. The highest BCUT2D eigenvalue weighted by Gasteiger charge is 2.15. The first-order valence-electron chi connectivity index (χ1n) is 15.9. The van der Waals surface area contributed by atoms with Gasteiger partial charge < -0.3 is 0 Å². The van der Waals surface area contributed by atoms with E-state index in [1.165, 1.54) is 104 Å². The predicted molar refractivity (Wildman–Crippen MR) is 211 cm³/mol. The van der Waals surface area contributed by atoms with Crippen molar-refractivity contribution >= 4 is 116 Å². The van der Waals surface area contributed by atoms with Crippen LogP contribution in [0, 0.1) is 0 Å². The first-order chi connectivity index (χ1) is 23.2. The van der Waals surface area contributed by atoms with Gasteiger partial charge in [0.15, 0.2) is 0 Å². The second kappa shape index (κ2) is 9.73. The van der Waals surface area contributed by atoms with Crippen LogP contribution < -0.4 is 0 Å². The summed E-state index contributed by atoms with van der Waals surface area (Å²) in [6.07, 6.45) is 0. The maximum absolute atomic E-state index is 2.40. The number of rotatable bonds is 2. The number of hydrogen-bond donors (Lipinski definition) is 0. The molecule has 11 rings (SSSR count). The van der Waals surface area contributed by atoms with E-state index in [0.29, 0.717) is 0 Å². The van der Waals surface area contributed by atoms with Crippen molar-refractivity contribution in [3.05, 3.63) is 146 Å². The zero-order chi connectivity index (χ0) is 30.6. The van der Waals surface area contributed by atoms with E-state index in [-0.39, 0.29) is 0 Å². The van der Waals surface area contributed by atoms with Gasteiger partial charge >= 0.3 is 0 Å². The maximum atomic E-state index is 2.40. The van der Waals surface area contributed by atoms with Crippen LogP contribution in [0.5, 0.6) is 0 Å². The molecule has 0 N–H and O–H groups in total. The van der Waals surface area contributed by atoms with Crippen molar-refractivity contribution in [2.75, 3.05) is 0 Å². The van der Waals surface area contributed by atoms with Crippen LogP contribution in [-0.4, -0.2) is 0 Å². The van der Waals surface area contributed by atoms with E-state index in [2.05, 4.69) is 146 Å². The van der Waals surface area contributed by atoms with Gasteiger partial charge in [0.25, 0.3) is 0 Å². The zero-order valence-electron chi connectivity index (χ0n) is 25.1. The van der Waals surface area contributed by atoms with Crippen LogP contribution in [0.25, 0.3) is 104 Å². The third-order valence-corrected chi connectivity index (χ3v) is 13.4. The summed E-state index contributed by atoms with van der Waals surface area (Å²) in [6.45, 7) is 0. The zero-order valence-corrected chi connectivity index (χ0v) is 27.5. The third kappa shape index (κ3) is 3.98. The van der Waals surface area contributed by atoms with Gasteiger partial charge in [-0.1, -0.05) is 84.9 Å². The van der Waals surface area contributed by atoms with Crippen molar-refractivity contribution in [1.29, 1.82) is 0 Å². The van der Waals surface area contributed by atoms with E-state index < -0.39 is 0 Å². The van der Waals surface area contributed by atoms with Crippen molar-refractivity contribution in [3.8, 4) is 22.3 Å². The molecule has 0 atom stereocenters. The Kier molecular flexibility index (Phi) is 5.39. The lowest BCUT2D eigenvalue weighted by atomic mass is 9.96. The van der Waals surface area contributed by atoms with E-state index in [1.807, 2.05) is 34.0 Å². The summed E-state index contributed by atoms with van der Waals surface area (Å²) in [4.78, 5) is 0. The average molecular weight is 649 g/mol. The lowest BCUT2D eigenvalue weighted by Gasteiger charge is -2.09. The first kappa shape index (κ1) is 26.1. The van der Waals surface area contributed by atoms with Crippen LogP contribution in [0.4, 0.5) is 0 Å². The van der Waals surface area contributed by atoms with E-state index in [0.717, 1.165) is 0 Å². The minimum Gasteiger partial charge on any atom is -0.135 e. The van der Waals surface area contributed by atoms with E-state index in [1.54, 1.807) is 0 Å². The van der Waals surface area contributed by atoms with Gasteiger partial charge in [0.1, 0.15) is 0 Å². The Morgan fingerprint density at radius 3 is 1.40 bits per heavy atom. The van der Waals surface area contributed by atoms with Crippen molar-refractivity contribution in [2.24, 2.45) is 0 Å². The summed E-state index contributed by atoms with van der Waals surface area (Å²) < 4.78 is 8.27. The molecule has 0 radical (unpaired) electrons. The second-order valence-electron chi connectivity index (χ2n) is 12.6. The Labute approximate surface area is 282 Å². The van der Waals surface area contributed by atoms with Crippen LogP contribution in [0.3, 0.4) is 0 Å². The van der Waals surface area contributed by atoms with Gasteiger partial charge in [-0.05, 0) is 115 Å². The largest absolute Gasteiger partial charge is 0.135 e. The van der Waals surface area contributed by atoms with Gasteiger partial charge in [-0.15, -0.1) is 34.0 Å². The molecule has 0 amide bonds. The van der Waals surface area contributed by atoms with Gasteiger partial charge in [-0.3, -0.25) is 0 Å². The van der Waals surface area contributed by atoms with Gasteiger partial charge in [0, 0.05) is 40.3 Å². The molecule has 0 saturated carbocycles. The van der Waals surface area contributed by atoms with Gasteiger partial charge in [-0.25, -0.2) is 0 Å². The lowest BCUT2D eigenvalue weighted by Crippen LogP contribution is -1.83. The van der Waals surface area contributed by atoms with E-state index >= 15 is 0 Å². The van der Waals surface area contributed by atoms with E-state index in [4.69, 9.17) is 0 Å². The van der Waals surface area contributed by atoms with Gasteiger partial charge in [0.2, 0.25) is 0 Å². The monoisotopic (exact) mass is 648 g/mol. The van der Waals surface area contributed by atoms with Gasteiger partial charge in [-0.2, -0.15) is 0 Å². The lowest BCUT2D eigenvalue weighted by molar-refractivity contribution is 1.66. The molecular weight excluding hydrogens is 625 g/mol. The molecular formula is C44H24S3. The minimum absolute atomic E-state index is 1.25. The third-order valence-electron chi connectivity index (χ3n) is 9.79. The molecule has 218 valence electrons. The topological polar surface area (TPSA) is 0 Å². The molecule has 0 bridgehead atoms. The quantitative estimate of drug-likeness (QED) is 0.175. The average Bonchev–Trinajstić information content (AvgIpc) is 3.78. The fourth-order valence-corrected chi connectivity index (χ4v) is 11.2. The molecule has 0 saturated heterocycles. The molecule has 0 nitrogen and oxygen atoms in total. The van der Waals surface area contributed by atoms with Crippen LogP contribution >= 0.6 is 34.0 Å². The Balaban J connectivity index is 0.974. The maximum Gasteiger partial charge on any atom is 0.0542 e. The fourth-order valence-electron chi connectivity index (χ4n) is 7.38. The molecule has 3 aromatic heterocycles. The van der Waals surface area contributed by atoms with Crippen LogP contribution in [0.1, 0.15) is 0 Å². The highest BCUT2D eigenvalue weighted by molar-refractivity contribution is 7.36. The minimum atomic E-state index is 1.25. The second-order valence-corrected chi connectivity index (χ2v) is 15.7. The summed E-state index contributed by atoms with van der Waals surface area (Å²) in [5, 5.41) is 13.2. The summed E-state index contributed by atoms with van der Waals surface area (Å²) in [5.41, 5.74) is 5.04. The Morgan fingerprint density at radius 1 is 0.255 bits per heavy atom. The summed E-state index contributed by atoms with van der Waals surface area (Å²) in [5.74, 6) is 0. The summed E-state index contributed by atoms with van der Waals surface area (Å²) in [6, 6.07) is 54.6. The summed E-state index contributed by atoms with van der Waals surface area (Å²) in [7, 11) is 0. The Hall–Kier alpha value is -5.06. The van der Waals surface area contributed by atoms with Crippen LogP contribution in [0.2, 0.25) is 0 Å². The molecule has 8 aromatic carbocycles. The fraction of sp³-hybridized carbons (Fsp3) is 0. The van der Waals surface area contributed by atoms with Crippen LogP contribution in [-0.2, 0) is 0 Å². The Morgan fingerprint density at radius 2 is 0.723 bits per heavy atom. The predicted octanol–water partition coefficient (Wildman–Crippen LogP) is 14.4. The normalized spacial score (nSPS) is 12.3. The van der Waals surface area contributed by atoms with Crippen LogP contribution in [0.15, 0.2) is 146 Å². The molecule has 0 aliphatic carbocycles. The van der Waals surface area contributed by atoms with Crippen molar-refractivity contribution in [2.45, 2.75) is 0 Å². The smallest absolute Gasteiger partial charge is 0.0542 e. The molecule has 3 heterocycles. The molecule has 0 aliphatic rings. The highest BCUT2D eigenvalue weighted by Crippen LogP contribution is 2.46. The molecule has 0 unspecified atom stereocenters. The molecule has 47 heavy (non-hydrogen) atoms. The van der Waals surface area contributed by atoms with Gasteiger partial charge in [0.05, 0.1) is 9.40 Å². The summed E-state index contributed by atoms with van der Waals surface area (Å²) >= 11 is 5.74. The highest BCUT2D eigenvalue weighted by atomic mass is 32.1. The first-order valence-corrected chi connectivity index (χ1v) is 18.3. The Bertz CT molecular complexity index is 3080. The number of thiophene rings is 3. The standard InChI is InChI=1S/C44H24S3/c1-2-6-26-23-41-37(21-25(26)5-1)43-44(46-41)38-22-33-14-13-31(19-34(33)24-42(38)47-43)29-10-9-28-18-30(12-11-27(28)17-29)32-15-16-40-36(20-32)35-7-3-4-8-39(35)45-40/h1-24H. The van der Waals surface area contributed by atoms with Crippen molar-refractivity contribution in [3.63, 3.8) is 0 Å². The molecule has 0 aliphatic heterocycles. The number of fused-ring (bicyclic) bond motifs is 11. The van der Waals surface area contributed by atoms with E-state index in [9.17, 15) is 0 Å².